The number of benzene rings is 2. The van der Waals surface area contributed by atoms with Crippen molar-refractivity contribution >= 4 is 11.8 Å². The first-order valence-corrected chi connectivity index (χ1v) is 11.4. The van der Waals surface area contributed by atoms with E-state index in [-0.39, 0.29) is 11.3 Å². The van der Waals surface area contributed by atoms with Crippen molar-refractivity contribution < 1.29 is 14.2 Å². The third-order valence-corrected chi connectivity index (χ3v) is 6.70. The summed E-state index contributed by atoms with van der Waals surface area (Å²) in [5, 5.41) is 0. The number of hydrogen-bond acceptors (Lipinski definition) is 5. The number of hydrogen-bond donors (Lipinski definition) is 0. The van der Waals surface area contributed by atoms with E-state index >= 15 is 0 Å². The Kier molecular flexibility index (Phi) is 6.23. The Morgan fingerprint density at radius 1 is 0.903 bits per heavy atom. The minimum absolute atomic E-state index is 0.0394. The molecule has 1 aliphatic rings. The minimum atomic E-state index is 0.0394. The second kappa shape index (κ2) is 9.06. The average Bonchev–Trinajstić information content (AvgIpc) is 3.06. The van der Waals surface area contributed by atoms with Crippen LogP contribution in [0.2, 0.25) is 0 Å². The summed E-state index contributed by atoms with van der Waals surface area (Å²) in [4.78, 5) is 13.7. The Morgan fingerprint density at radius 3 is 2.29 bits per heavy atom. The Balaban J connectivity index is 2.10. The van der Waals surface area contributed by atoms with Gasteiger partial charge in [-0.1, -0.05) is 36.4 Å². The van der Waals surface area contributed by atoms with Crippen LogP contribution < -0.4 is 19.6 Å². The van der Waals surface area contributed by atoms with Gasteiger partial charge in [0.25, 0.3) is 0 Å². The molecule has 0 saturated heterocycles. The standard InChI is InChI=1S/C26H26O4S/c1-28-22-14-17-10-11-18(16-8-6-5-7-9-16)20-15-21(27)23(31-4)13-12-19(20)24(17)26(30-3)25(22)29-2/h5-9,12-15,18H,10-11H2,1-4H3/t18-/m1/s1. The van der Waals surface area contributed by atoms with Gasteiger partial charge in [-0.3, -0.25) is 4.79 Å². The highest BCUT2D eigenvalue weighted by atomic mass is 32.2. The summed E-state index contributed by atoms with van der Waals surface area (Å²) < 4.78 is 17.1. The fourth-order valence-electron chi connectivity index (χ4n) is 4.50. The molecule has 4 nitrogen and oxygen atoms in total. The van der Waals surface area contributed by atoms with Crippen molar-refractivity contribution in [2.45, 2.75) is 23.7 Å². The van der Waals surface area contributed by atoms with Gasteiger partial charge < -0.3 is 14.2 Å². The van der Waals surface area contributed by atoms with Crippen LogP contribution in [-0.4, -0.2) is 27.6 Å². The predicted octanol–water partition coefficient (Wildman–Crippen LogP) is 5.54. The van der Waals surface area contributed by atoms with Gasteiger partial charge in [0.2, 0.25) is 5.75 Å². The zero-order chi connectivity index (χ0) is 22.0. The minimum Gasteiger partial charge on any atom is -0.493 e. The lowest BCUT2D eigenvalue weighted by Gasteiger charge is -2.19. The zero-order valence-corrected chi connectivity index (χ0v) is 19.0. The van der Waals surface area contributed by atoms with Gasteiger partial charge in [-0.05, 0) is 59.6 Å². The molecule has 0 fully saturated rings. The molecule has 0 radical (unpaired) electrons. The quantitative estimate of drug-likeness (QED) is 0.494. The molecule has 3 aromatic rings. The topological polar surface area (TPSA) is 44.8 Å². The lowest BCUT2D eigenvalue weighted by Crippen LogP contribution is -2.05. The van der Waals surface area contributed by atoms with E-state index in [1.165, 1.54) is 17.3 Å². The maximum Gasteiger partial charge on any atom is 0.203 e. The number of ether oxygens (including phenoxy) is 3. The molecule has 1 atom stereocenters. The lowest BCUT2D eigenvalue weighted by molar-refractivity contribution is 0.324. The second-order valence-corrected chi connectivity index (χ2v) is 8.31. The normalized spacial score (nSPS) is 14.8. The highest BCUT2D eigenvalue weighted by Crippen LogP contribution is 2.51. The Morgan fingerprint density at radius 2 is 1.65 bits per heavy atom. The molecular weight excluding hydrogens is 408 g/mol. The van der Waals surface area contributed by atoms with E-state index < -0.39 is 0 Å². The predicted molar refractivity (Wildman–Crippen MR) is 126 cm³/mol. The highest BCUT2D eigenvalue weighted by Gasteiger charge is 2.29. The Bertz CT molecular complexity index is 1160. The third kappa shape index (κ3) is 3.79. The first-order valence-electron chi connectivity index (χ1n) is 10.2. The zero-order valence-electron chi connectivity index (χ0n) is 18.2. The summed E-state index contributed by atoms with van der Waals surface area (Å²) in [6, 6.07) is 18.2. The molecule has 1 aliphatic carbocycles. The van der Waals surface area contributed by atoms with E-state index in [9.17, 15) is 4.79 Å². The summed E-state index contributed by atoms with van der Waals surface area (Å²) >= 11 is 1.47. The van der Waals surface area contributed by atoms with Crippen molar-refractivity contribution in [3.63, 3.8) is 0 Å². The molecule has 0 aliphatic heterocycles. The number of aryl methyl sites for hydroxylation is 1. The summed E-state index contributed by atoms with van der Waals surface area (Å²) in [5.41, 5.74) is 5.34. The maximum absolute atomic E-state index is 13.0. The lowest BCUT2D eigenvalue weighted by atomic mass is 9.87. The second-order valence-electron chi connectivity index (χ2n) is 7.46. The summed E-state index contributed by atoms with van der Waals surface area (Å²) in [7, 11) is 4.89. The Hall–Kier alpha value is -2.92. The third-order valence-electron chi connectivity index (χ3n) is 5.92. The van der Waals surface area contributed by atoms with E-state index in [1.54, 1.807) is 21.3 Å². The number of rotatable bonds is 5. The van der Waals surface area contributed by atoms with Crippen LogP contribution in [0.1, 0.15) is 29.0 Å². The van der Waals surface area contributed by atoms with Crippen molar-refractivity contribution in [1.82, 2.24) is 0 Å². The molecule has 0 N–H and O–H groups in total. The van der Waals surface area contributed by atoms with Crippen LogP contribution >= 0.6 is 11.8 Å². The first-order chi connectivity index (χ1) is 15.1. The van der Waals surface area contributed by atoms with Gasteiger partial charge in [0, 0.05) is 11.5 Å². The van der Waals surface area contributed by atoms with Crippen LogP contribution in [0.4, 0.5) is 0 Å². The van der Waals surface area contributed by atoms with Gasteiger partial charge in [-0.25, -0.2) is 0 Å². The molecule has 4 rings (SSSR count). The number of fused-ring (bicyclic) bond motifs is 3. The van der Waals surface area contributed by atoms with E-state index in [2.05, 4.69) is 18.2 Å². The van der Waals surface area contributed by atoms with Crippen molar-refractivity contribution in [1.29, 1.82) is 0 Å². The largest absolute Gasteiger partial charge is 0.493 e. The van der Waals surface area contributed by atoms with Crippen LogP contribution in [0.25, 0.3) is 11.1 Å². The molecule has 3 aromatic carbocycles. The van der Waals surface area contributed by atoms with Gasteiger partial charge in [0.05, 0.1) is 26.2 Å². The van der Waals surface area contributed by atoms with Crippen LogP contribution in [0, 0.1) is 0 Å². The van der Waals surface area contributed by atoms with Gasteiger partial charge in [-0.2, -0.15) is 0 Å². The van der Waals surface area contributed by atoms with Gasteiger partial charge in [0.15, 0.2) is 16.9 Å². The molecule has 0 spiro atoms. The van der Waals surface area contributed by atoms with Crippen molar-refractivity contribution in [2.75, 3.05) is 27.6 Å². The number of thioether (sulfide) groups is 1. The maximum atomic E-state index is 13.0. The van der Waals surface area contributed by atoms with Crippen molar-refractivity contribution in [2.24, 2.45) is 0 Å². The fraction of sp³-hybridized carbons (Fsp3) is 0.269. The highest BCUT2D eigenvalue weighted by molar-refractivity contribution is 7.98. The van der Waals surface area contributed by atoms with E-state index in [0.29, 0.717) is 17.2 Å². The molecule has 0 amide bonds. The number of methoxy groups -OCH3 is 3. The molecule has 5 heteroatoms. The summed E-state index contributed by atoms with van der Waals surface area (Å²) in [6.45, 7) is 0. The monoisotopic (exact) mass is 434 g/mol. The average molecular weight is 435 g/mol. The van der Waals surface area contributed by atoms with Crippen LogP contribution in [0.5, 0.6) is 17.2 Å². The Labute approximate surface area is 187 Å². The SMILES string of the molecule is COc1cc2c(c(OC)c1OC)-c1ccc(SC)c(=O)cc1[C@@H](c1ccccc1)CC2. The van der Waals surface area contributed by atoms with Crippen molar-refractivity contribution in [3.05, 3.63) is 81.5 Å². The van der Waals surface area contributed by atoms with Crippen LogP contribution in [-0.2, 0) is 6.42 Å². The van der Waals surface area contributed by atoms with Gasteiger partial charge in [0.1, 0.15) is 0 Å². The van der Waals surface area contributed by atoms with E-state index in [0.717, 1.165) is 40.0 Å². The van der Waals surface area contributed by atoms with Crippen LogP contribution in [0.15, 0.2) is 64.3 Å². The molecule has 0 unspecified atom stereocenters. The first kappa shape index (κ1) is 21.3. The van der Waals surface area contributed by atoms with Gasteiger partial charge in [-0.15, -0.1) is 11.8 Å². The molecule has 0 aromatic heterocycles. The molecule has 160 valence electrons. The summed E-state index contributed by atoms with van der Waals surface area (Å²) in [5.74, 6) is 1.94. The van der Waals surface area contributed by atoms with Gasteiger partial charge >= 0.3 is 0 Å². The molecule has 0 bridgehead atoms. The molecular formula is C26H26O4S. The summed E-state index contributed by atoms with van der Waals surface area (Å²) in [6.07, 6.45) is 3.63. The van der Waals surface area contributed by atoms with Crippen LogP contribution in [0.3, 0.4) is 0 Å². The molecule has 0 saturated carbocycles. The molecule has 0 heterocycles. The van der Waals surface area contributed by atoms with E-state index in [1.807, 2.05) is 42.7 Å². The fourth-order valence-corrected chi connectivity index (χ4v) is 4.96. The van der Waals surface area contributed by atoms with E-state index in [4.69, 9.17) is 14.2 Å². The smallest absolute Gasteiger partial charge is 0.203 e. The molecule has 31 heavy (non-hydrogen) atoms. The van der Waals surface area contributed by atoms with Crippen molar-refractivity contribution in [3.8, 4) is 28.4 Å².